The van der Waals surface area contributed by atoms with Gasteiger partial charge >= 0.3 is 6.03 Å². The van der Waals surface area contributed by atoms with E-state index in [1.807, 2.05) is 43.3 Å². The molecule has 4 heterocycles. The van der Waals surface area contributed by atoms with Crippen molar-refractivity contribution in [1.29, 1.82) is 0 Å². The molecule has 6 rings (SSSR count). The first-order valence-electron chi connectivity index (χ1n) is 13.5. The van der Waals surface area contributed by atoms with Crippen LogP contribution in [0.15, 0.2) is 95.5 Å². The number of ether oxygens (including phenoxy) is 1. The number of hydrogen-bond acceptors (Lipinski definition) is 7. The predicted molar refractivity (Wildman–Crippen MR) is 157 cm³/mol. The molecule has 4 N–H and O–H groups in total. The summed E-state index contributed by atoms with van der Waals surface area (Å²) >= 11 is 1.37. The van der Waals surface area contributed by atoms with Crippen LogP contribution in [0, 0.1) is 0 Å². The number of allylic oxidation sites excluding steroid dienone is 1. The number of nitrogens with zero attached hydrogens (tertiary/aromatic N) is 2. The second-order valence-corrected chi connectivity index (χ2v) is 11.8. The predicted octanol–water partition coefficient (Wildman–Crippen LogP) is 4.18. The van der Waals surface area contributed by atoms with Gasteiger partial charge in [0.25, 0.3) is 5.91 Å². The molecule has 3 aliphatic heterocycles. The summed E-state index contributed by atoms with van der Waals surface area (Å²) in [7, 11) is 0. The Balaban J connectivity index is 1.25. The van der Waals surface area contributed by atoms with Crippen LogP contribution < -0.4 is 30.9 Å². The van der Waals surface area contributed by atoms with Gasteiger partial charge in [0.05, 0.1) is 22.5 Å². The van der Waals surface area contributed by atoms with E-state index in [4.69, 9.17) is 4.74 Å². The maximum absolute atomic E-state index is 13.6. The first-order valence-corrected chi connectivity index (χ1v) is 14.3. The Bertz CT molecular complexity index is 1500. The van der Waals surface area contributed by atoms with Crippen molar-refractivity contribution in [2.24, 2.45) is 0 Å². The Morgan fingerprint density at radius 2 is 1.93 bits per heavy atom. The third-order valence-electron chi connectivity index (χ3n) is 7.47. The Morgan fingerprint density at radius 3 is 2.66 bits per heavy atom. The maximum atomic E-state index is 13.6. The van der Waals surface area contributed by atoms with Gasteiger partial charge in [-0.1, -0.05) is 36.5 Å². The van der Waals surface area contributed by atoms with Crippen LogP contribution in [0.3, 0.4) is 0 Å². The summed E-state index contributed by atoms with van der Waals surface area (Å²) in [5, 5.41) is 12.4. The lowest BCUT2D eigenvalue weighted by Gasteiger charge is -2.38. The average Bonchev–Trinajstić information content (AvgIpc) is 3.27. The van der Waals surface area contributed by atoms with E-state index in [-0.39, 0.29) is 23.9 Å². The number of rotatable bonds is 7. The number of carbonyl (C=O) groups excluding carboxylic acids is 3. The van der Waals surface area contributed by atoms with Crippen molar-refractivity contribution in [3.05, 3.63) is 95.5 Å². The normalized spacial score (nSPS) is 24.7. The van der Waals surface area contributed by atoms with Crippen molar-refractivity contribution < 1.29 is 19.1 Å². The smallest absolute Gasteiger partial charge is 0.332 e. The Labute approximate surface area is 242 Å². The summed E-state index contributed by atoms with van der Waals surface area (Å²) in [6, 6.07) is 12.4. The van der Waals surface area contributed by atoms with Crippen LogP contribution in [-0.4, -0.2) is 39.8 Å². The van der Waals surface area contributed by atoms with Gasteiger partial charge in [0.15, 0.2) is 0 Å². The molecule has 4 aliphatic rings. The van der Waals surface area contributed by atoms with Crippen LogP contribution >= 0.6 is 11.8 Å². The lowest BCUT2D eigenvalue weighted by atomic mass is 9.90. The zero-order valence-corrected chi connectivity index (χ0v) is 23.3. The molecule has 0 radical (unpaired) electrons. The highest BCUT2D eigenvalue weighted by Crippen LogP contribution is 2.52. The summed E-state index contributed by atoms with van der Waals surface area (Å²) in [6.45, 7) is 5.50. The number of nitrogens with one attached hydrogen (secondary N) is 4. The van der Waals surface area contributed by atoms with Gasteiger partial charge in [-0.3, -0.25) is 9.59 Å². The Morgan fingerprint density at radius 1 is 1.15 bits per heavy atom. The molecular weight excluding hydrogens is 540 g/mol. The van der Waals surface area contributed by atoms with Crippen molar-refractivity contribution in [2.75, 3.05) is 4.90 Å². The number of pyridine rings is 1. The molecule has 1 aromatic carbocycles. The highest BCUT2D eigenvalue weighted by atomic mass is 32.2. The number of dihydropyridines is 1. The SMILES string of the molecule is C=CC(=O)N[C@H]1CCC[C@H](NC(=O)C2=C3NC(=O)N(c4ccc(Oc5ccccc5)cn4)C4=C3C(C)(NC=C4)S2)C1. The van der Waals surface area contributed by atoms with E-state index in [9.17, 15) is 14.4 Å². The number of thioether (sulfide) groups is 1. The summed E-state index contributed by atoms with van der Waals surface area (Å²) in [4.78, 5) is 44.6. The highest BCUT2D eigenvalue weighted by molar-refractivity contribution is 8.05. The molecule has 3 atom stereocenters. The molecule has 1 aromatic heterocycles. The number of aromatic nitrogens is 1. The van der Waals surface area contributed by atoms with Crippen molar-refractivity contribution in [3.63, 3.8) is 0 Å². The number of para-hydroxylation sites is 1. The maximum Gasteiger partial charge on any atom is 0.332 e. The Kier molecular flexibility index (Phi) is 7.04. The van der Waals surface area contributed by atoms with Crippen molar-refractivity contribution in [2.45, 2.75) is 49.6 Å². The summed E-state index contributed by atoms with van der Waals surface area (Å²) in [5.74, 6) is 1.20. The Hall–Kier alpha value is -4.51. The van der Waals surface area contributed by atoms with Gasteiger partial charge in [0.2, 0.25) is 5.91 Å². The van der Waals surface area contributed by atoms with Crippen LogP contribution in [0.4, 0.5) is 10.6 Å². The molecule has 1 aliphatic carbocycles. The number of hydrogen-bond donors (Lipinski definition) is 4. The van der Waals surface area contributed by atoms with E-state index in [1.165, 1.54) is 22.7 Å². The van der Waals surface area contributed by atoms with E-state index in [0.717, 1.165) is 24.8 Å². The fraction of sp³-hybridized carbons (Fsp3) is 0.267. The third-order valence-corrected chi connectivity index (χ3v) is 8.79. The minimum absolute atomic E-state index is 0.0198. The fourth-order valence-electron chi connectivity index (χ4n) is 5.61. The van der Waals surface area contributed by atoms with Gasteiger partial charge < -0.3 is 26.0 Å². The summed E-state index contributed by atoms with van der Waals surface area (Å²) < 4.78 is 5.85. The number of amides is 4. The monoisotopic (exact) mass is 570 g/mol. The van der Waals surface area contributed by atoms with Gasteiger partial charge in [-0.05, 0) is 75.2 Å². The molecule has 0 bridgehead atoms. The van der Waals surface area contributed by atoms with Gasteiger partial charge in [-0.15, -0.1) is 0 Å². The molecule has 0 saturated heterocycles. The van der Waals surface area contributed by atoms with E-state index < -0.39 is 10.9 Å². The third kappa shape index (κ3) is 5.20. The molecule has 1 saturated carbocycles. The minimum Gasteiger partial charge on any atom is -0.456 e. The highest BCUT2D eigenvalue weighted by Gasteiger charge is 2.50. The van der Waals surface area contributed by atoms with Crippen LogP contribution in [0.25, 0.3) is 0 Å². The standard InChI is InChI=1S/C30H30N6O4S/c1-3-24(37)33-18-8-7-9-19(16-18)34-28(38)27-26-25-22(14-15-32-30(25,2)41-27)36(29(39)35-26)23-13-12-21(17-31-23)40-20-10-5-4-6-11-20/h3-6,10-15,17-19,32H,1,7-9,16H2,2H3,(H,33,37)(H,34,38)(H,35,39)/t18-,19-,30?/m0/s1. The largest absolute Gasteiger partial charge is 0.456 e. The minimum atomic E-state index is -0.665. The molecule has 1 unspecified atom stereocenters. The summed E-state index contributed by atoms with van der Waals surface area (Å²) in [5.41, 5.74) is 1.95. The van der Waals surface area contributed by atoms with Crippen LogP contribution in [-0.2, 0) is 9.59 Å². The van der Waals surface area contributed by atoms with Gasteiger partial charge in [0, 0.05) is 17.7 Å². The lowest BCUT2D eigenvalue weighted by Crippen LogP contribution is -2.50. The molecule has 2 aromatic rings. The van der Waals surface area contributed by atoms with Gasteiger partial charge in [-0.25, -0.2) is 14.7 Å². The number of benzene rings is 1. The molecule has 1 fully saturated rings. The molecule has 4 amide bonds. The molecule has 210 valence electrons. The van der Waals surface area contributed by atoms with Crippen molar-refractivity contribution in [1.82, 2.24) is 26.3 Å². The molecule has 0 spiro atoms. The van der Waals surface area contributed by atoms with E-state index in [1.54, 1.807) is 24.5 Å². The van der Waals surface area contributed by atoms with E-state index >= 15 is 0 Å². The zero-order valence-electron chi connectivity index (χ0n) is 22.5. The quantitative estimate of drug-likeness (QED) is 0.368. The molecular formula is C30H30N6O4S. The zero-order chi connectivity index (χ0) is 28.6. The number of urea groups is 1. The number of carbonyl (C=O) groups is 3. The van der Waals surface area contributed by atoms with Crippen LogP contribution in [0.1, 0.15) is 32.6 Å². The fourth-order valence-corrected chi connectivity index (χ4v) is 6.86. The first kappa shape index (κ1) is 26.7. The first-order chi connectivity index (χ1) is 19.8. The van der Waals surface area contributed by atoms with Gasteiger partial charge in [-0.2, -0.15) is 0 Å². The van der Waals surface area contributed by atoms with Crippen LogP contribution in [0.2, 0.25) is 0 Å². The second kappa shape index (κ2) is 10.8. The van der Waals surface area contributed by atoms with Crippen LogP contribution in [0.5, 0.6) is 11.5 Å². The topological polar surface area (TPSA) is 125 Å². The lowest BCUT2D eigenvalue weighted by molar-refractivity contribution is -0.117. The van der Waals surface area contributed by atoms with Crippen molar-refractivity contribution >= 4 is 35.4 Å². The summed E-state index contributed by atoms with van der Waals surface area (Å²) in [6.07, 6.45) is 9.65. The molecule has 41 heavy (non-hydrogen) atoms. The molecule has 11 heteroatoms. The average molecular weight is 571 g/mol. The van der Waals surface area contributed by atoms with E-state index in [0.29, 0.717) is 40.0 Å². The van der Waals surface area contributed by atoms with E-state index in [2.05, 4.69) is 32.8 Å². The van der Waals surface area contributed by atoms with Crippen molar-refractivity contribution in [3.8, 4) is 11.5 Å². The molecule has 10 nitrogen and oxygen atoms in total. The number of anilines is 1. The second-order valence-electron chi connectivity index (χ2n) is 10.4. The van der Waals surface area contributed by atoms with Gasteiger partial charge in [0.1, 0.15) is 22.2 Å².